The van der Waals surface area contributed by atoms with Gasteiger partial charge in [-0.3, -0.25) is 4.68 Å². The zero-order valence-electron chi connectivity index (χ0n) is 10.4. The first-order valence-corrected chi connectivity index (χ1v) is 6.52. The van der Waals surface area contributed by atoms with Gasteiger partial charge in [0.15, 0.2) is 0 Å². The fourth-order valence-corrected chi connectivity index (χ4v) is 2.43. The molecular weight excluding hydrogens is 216 g/mol. The molecule has 96 valence electrons. The first kappa shape index (κ1) is 12.5. The fraction of sp³-hybridized carbons (Fsp3) is 0.833. The first-order chi connectivity index (χ1) is 8.25. The smallest absolute Gasteiger partial charge is 0.137 e. The van der Waals surface area contributed by atoms with Gasteiger partial charge in [-0.25, -0.2) is 4.98 Å². The number of aromatic nitrogens is 3. The van der Waals surface area contributed by atoms with Gasteiger partial charge >= 0.3 is 0 Å². The molecule has 1 heterocycles. The predicted molar refractivity (Wildman–Crippen MR) is 65.5 cm³/mol. The normalized spacial score (nSPS) is 26.9. The third kappa shape index (κ3) is 3.78. The molecule has 1 aromatic heterocycles. The van der Waals surface area contributed by atoms with E-state index < -0.39 is 0 Å². The predicted octanol–water partition coefficient (Wildman–Crippen LogP) is 0.950. The van der Waals surface area contributed by atoms with E-state index in [2.05, 4.69) is 22.3 Å². The SMILES string of the molecule is CC(CCn1cncn1)NC1CCCCC1O. The molecule has 0 amide bonds. The van der Waals surface area contributed by atoms with Crippen LogP contribution in [-0.2, 0) is 6.54 Å². The highest BCUT2D eigenvalue weighted by Gasteiger charge is 2.23. The second-order valence-corrected chi connectivity index (χ2v) is 4.97. The van der Waals surface area contributed by atoms with Gasteiger partial charge in [0.2, 0.25) is 0 Å². The van der Waals surface area contributed by atoms with Crippen LogP contribution in [0, 0.1) is 0 Å². The lowest BCUT2D eigenvalue weighted by Crippen LogP contribution is -2.46. The van der Waals surface area contributed by atoms with Crippen LogP contribution >= 0.6 is 0 Å². The number of aliphatic hydroxyl groups excluding tert-OH is 1. The van der Waals surface area contributed by atoms with Crippen molar-refractivity contribution in [1.29, 1.82) is 0 Å². The number of rotatable bonds is 5. The maximum Gasteiger partial charge on any atom is 0.137 e. The highest BCUT2D eigenvalue weighted by molar-refractivity contribution is 4.82. The minimum absolute atomic E-state index is 0.169. The van der Waals surface area contributed by atoms with Crippen LogP contribution in [0.4, 0.5) is 0 Å². The second-order valence-electron chi connectivity index (χ2n) is 4.97. The molecule has 0 bridgehead atoms. The van der Waals surface area contributed by atoms with Crippen molar-refractivity contribution >= 4 is 0 Å². The highest BCUT2D eigenvalue weighted by Crippen LogP contribution is 2.19. The van der Waals surface area contributed by atoms with Crippen molar-refractivity contribution in [2.75, 3.05) is 0 Å². The lowest BCUT2D eigenvalue weighted by atomic mass is 9.92. The summed E-state index contributed by atoms with van der Waals surface area (Å²) in [5, 5.41) is 17.5. The van der Waals surface area contributed by atoms with E-state index >= 15 is 0 Å². The summed E-state index contributed by atoms with van der Waals surface area (Å²) in [5.74, 6) is 0. The number of aliphatic hydroxyl groups is 1. The van der Waals surface area contributed by atoms with Gasteiger partial charge in [0.1, 0.15) is 12.7 Å². The van der Waals surface area contributed by atoms with Gasteiger partial charge in [-0.1, -0.05) is 12.8 Å². The Morgan fingerprint density at radius 3 is 3.00 bits per heavy atom. The molecule has 2 rings (SSSR count). The van der Waals surface area contributed by atoms with Crippen molar-refractivity contribution in [3.05, 3.63) is 12.7 Å². The van der Waals surface area contributed by atoms with Gasteiger partial charge < -0.3 is 10.4 Å². The van der Waals surface area contributed by atoms with Crippen LogP contribution in [0.2, 0.25) is 0 Å². The standard InChI is InChI=1S/C12H22N4O/c1-10(6-7-16-9-13-8-14-16)15-11-4-2-3-5-12(11)17/h8-12,15,17H,2-7H2,1H3. The summed E-state index contributed by atoms with van der Waals surface area (Å²) >= 11 is 0. The quantitative estimate of drug-likeness (QED) is 0.801. The van der Waals surface area contributed by atoms with Crippen LogP contribution < -0.4 is 5.32 Å². The number of hydrogen-bond donors (Lipinski definition) is 2. The summed E-state index contributed by atoms with van der Waals surface area (Å²) in [6, 6.07) is 0.673. The molecule has 1 aromatic rings. The van der Waals surface area contributed by atoms with E-state index in [1.165, 1.54) is 6.42 Å². The molecular formula is C12H22N4O. The molecule has 0 radical (unpaired) electrons. The Kier molecular flexibility index (Phi) is 4.50. The topological polar surface area (TPSA) is 63.0 Å². The zero-order valence-corrected chi connectivity index (χ0v) is 10.4. The largest absolute Gasteiger partial charge is 0.392 e. The zero-order chi connectivity index (χ0) is 12.1. The molecule has 3 atom stereocenters. The van der Waals surface area contributed by atoms with Crippen molar-refractivity contribution in [1.82, 2.24) is 20.1 Å². The van der Waals surface area contributed by atoms with Crippen molar-refractivity contribution in [2.24, 2.45) is 0 Å². The summed E-state index contributed by atoms with van der Waals surface area (Å²) in [6.45, 7) is 3.04. The monoisotopic (exact) mass is 238 g/mol. The highest BCUT2D eigenvalue weighted by atomic mass is 16.3. The third-order valence-corrected chi connectivity index (χ3v) is 3.49. The van der Waals surface area contributed by atoms with Gasteiger partial charge in [-0.15, -0.1) is 0 Å². The van der Waals surface area contributed by atoms with E-state index in [1.807, 2.05) is 4.68 Å². The van der Waals surface area contributed by atoms with Crippen LogP contribution in [0.5, 0.6) is 0 Å². The van der Waals surface area contributed by atoms with Crippen molar-refractivity contribution in [2.45, 2.75) is 63.8 Å². The van der Waals surface area contributed by atoms with Gasteiger partial charge in [0.05, 0.1) is 6.10 Å². The molecule has 1 saturated carbocycles. The second kappa shape index (κ2) is 6.12. The molecule has 0 spiro atoms. The molecule has 1 aliphatic rings. The van der Waals surface area contributed by atoms with Crippen molar-refractivity contribution in [3.8, 4) is 0 Å². The number of hydrogen-bond acceptors (Lipinski definition) is 4. The van der Waals surface area contributed by atoms with E-state index in [1.54, 1.807) is 12.7 Å². The molecule has 5 heteroatoms. The average Bonchev–Trinajstić information content (AvgIpc) is 2.82. The minimum atomic E-state index is -0.169. The maximum absolute atomic E-state index is 9.88. The van der Waals surface area contributed by atoms with Gasteiger partial charge in [-0.05, 0) is 26.2 Å². The van der Waals surface area contributed by atoms with Crippen LogP contribution in [0.1, 0.15) is 39.0 Å². The Hall–Kier alpha value is -0.940. The molecule has 3 unspecified atom stereocenters. The van der Waals surface area contributed by atoms with Crippen molar-refractivity contribution < 1.29 is 5.11 Å². The molecule has 5 nitrogen and oxygen atoms in total. The van der Waals surface area contributed by atoms with E-state index in [4.69, 9.17) is 0 Å². The molecule has 17 heavy (non-hydrogen) atoms. The summed E-state index contributed by atoms with van der Waals surface area (Å²) in [5.41, 5.74) is 0. The van der Waals surface area contributed by atoms with Crippen LogP contribution in [0.15, 0.2) is 12.7 Å². The van der Waals surface area contributed by atoms with E-state index in [0.717, 1.165) is 32.2 Å². The van der Waals surface area contributed by atoms with Gasteiger partial charge in [0, 0.05) is 18.6 Å². The van der Waals surface area contributed by atoms with Gasteiger partial charge in [-0.2, -0.15) is 5.10 Å². The molecule has 0 aliphatic heterocycles. The summed E-state index contributed by atoms with van der Waals surface area (Å²) in [7, 11) is 0. The molecule has 0 saturated heterocycles. The van der Waals surface area contributed by atoms with Crippen molar-refractivity contribution in [3.63, 3.8) is 0 Å². The summed E-state index contributed by atoms with van der Waals surface area (Å²) in [4.78, 5) is 3.92. The number of nitrogens with zero attached hydrogens (tertiary/aromatic N) is 3. The Balaban J connectivity index is 1.71. The molecule has 1 fully saturated rings. The molecule has 2 N–H and O–H groups in total. The van der Waals surface area contributed by atoms with Gasteiger partial charge in [0.25, 0.3) is 0 Å². The molecule has 1 aliphatic carbocycles. The fourth-order valence-electron chi connectivity index (χ4n) is 2.43. The minimum Gasteiger partial charge on any atom is -0.392 e. The Morgan fingerprint density at radius 2 is 2.29 bits per heavy atom. The van der Waals surface area contributed by atoms with E-state index in [0.29, 0.717) is 6.04 Å². The van der Waals surface area contributed by atoms with Crippen LogP contribution in [0.3, 0.4) is 0 Å². The Bertz CT molecular complexity index is 314. The lowest BCUT2D eigenvalue weighted by molar-refractivity contribution is 0.0850. The van der Waals surface area contributed by atoms with E-state index in [-0.39, 0.29) is 12.1 Å². The van der Waals surface area contributed by atoms with Crippen LogP contribution in [-0.4, -0.2) is 38.1 Å². The maximum atomic E-state index is 9.88. The third-order valence-electron chi connectivity index (χ3n) is 3.49. The number of nitrogens with one attached hydrogen (secondary N) is 1. The number of aryl methyl sites for hydroxylation is 1. The molecule has 0 aromatic carbocycles. The first-order valence-electron chi connectivity index (χ1n) is 6.52. The summed E-state index contributed by atoms with van der Waals surface area (Å²) in [6.07, 6.45) is 8.55. The lowest BCUT2D eigenvalue weighted by Gasteiger charge is -2.31. The summed E-state index contributed by atoms with van der Waals surface area (Å²) < 4.78 is 1.84. The van der Waals surface area contributed by atoms with E-state index in [9.17, 15) is 5.11 Å². The van der Waals surface area contributed by atoms with Crippen LogP contribution in [0.25, 0.3) is 0 Å². The Labute approximate surface area is 102 Å². The Morgan fingerprint density at radius 1 is 1.47 bits per heavy atom. The average molecular weight is 238 g/mol.